The van der Waals surface area contributed by atoms with Crippen LogP contribution in [0, 0.1) is 13.8 Å². The van der Waals surface area contributed by atoms with Crippen molar-refractivity contribution in [1.82, 2.24) is 14.8 Å². The van der Waals surface area contributed by atoms with E-state index in [2.05, 4.69) is 53.3 Å². The lowest BCUT2D eigenvalue weighted by Gasteiger charge is -2.08. The Bertz CT molecular complexity index is 983. The number of allylic oxidation sites excluding steroid dienone is 1. The molecule has 0 aliphatic rings. The van der Waals surface area contributed by atoms with Gasteiger partial charge in [0, 0.05) is 17.1 Å². The zero-order valence-corrected chi connectivity index (χ0v) is 18.2. The maximum Gasteiger partial charge on any atom is 0.234 e. The number of aryl methyl sites for hydroxylation is 2. The largest absolute Gasteiger partial charge is 0.325 e. The first-order chi connectivity index (χ1) is 14.0. The van der Waals surface area contributed by atoms with E-state index in [1.54, 1.807) is 11.8 Å². The summed E-state index contributed by atoms with van der Waals surface area (Å²) in [5.41, 5.74) is 3.15. The number of thioether (sulfide) groups is 2. The van der Waals surface area contributed by atoms with E-state index in [0.29, 0.717) is 12.3 Å². The predicted molar refractivity (Wildman–Crippen MR) is 121 cm³/mol. The van der Waals surface area contributed by atoms with E-state index in [1.165, 1.54) is 22.2 Å². The second kappa shape index (κ2) is 10.3. The highest BCUT2D eigenvalue weighted by atomic mass is 32.2. The van der Waals surface area contributed by atoms with Gasteiger partial charge in [0.05, 0.1) is 11.5 Å². The van der Waals surface area contributed by atoms with E-state index < -0.39 is 0 Å². The van der Waals surface area contributed by atoms with Crippen LogP contribution in [0.25, 0.3) is 0 Å². The van der Waals surface area contributed by atoms with E-state index in [-0.39, 0.29) is 11.7 Å². The fourth-order valence-corrected chi connectivity index (χ4v) is 4.28. The Kier molecular flexibility index (Phi) is 7.55. The number of carbonyl (C=O) groups is 1. The maximum atomic E-state index is 12.3. The lowest BCUT2D eigenvalue weighted by molar-refractivity contribution is -0.113. The number of hydrogen-bond acceptors (Lipinski definition) is 5. The van der Waals surface area contributed by atoms with Crippen molar-refractivity contribution in [2.24, 2.45) is 0 Å². The molecule has 150 valence electrons. The second-order valence-electron chi connectivity index (χ2n) is 6.61. The van der Waals surface area contributed by atoms with Crippen LogP contribution < -0.4 is 5.32 Å². The summed E-state index contributed by atoms with van der Waals surface area (Å²) in [6.45, 7) is 8.52. The van der Waals surface area contributed by atoms with E-state index in [0.717, 1.165) is 22.2 Å². The molecule has 0 aliphatic heterocycles. The van der Waals surface area contributed by atoms with Crippen molar-refractivity contribution in [3.8, 4) is 0 Å². The quantitative estimate of drug-likeness (QED) is 0.382. The third-order valence-electron chi connectivity index (χ3n) is 4.13. The van der Waals surface area contributed by atoms with E-state index in [1.807, 2.05) is 41.8 Å². The molecule has 1 amide bonds. The van der Waals surface area contributed by atoms with Crippen LogP contribution in [0.3, 0.4) is 0 Å². The summed E-state index contributed by atoms with van der Waals surface area (Å²) in [6.07, 6.45) is 1.82. The molecule has 3 aromatic rings. The molecule has 0 bridgehead atoms. The molecule has 0 saturated heterocycles. The summed E-state index contributed by atoms with van der Waals surface area (Å²) in [5, 5.41) is 12.3. The number of benzene rings is 2. The standard InChI is InChI=1S/C22H24N4OS2/c1-4-12-26-20(14-28-19-10-8-16(2)9-11-19)24-25-22(26)29-15-21(27)23-18-7-5-6-17(3)13-18/h4-11,13H,1,12,14-15H2,2-3H3,(H,23,27). The van der Waals surface area contributed by atoms with Gasteiger partial charge in [-0.05, 0) is 43.7 Å². The zero-order valence-electron chi connectivity index (χ0n) is 16.6. The lowest BCUT2D eigenvalue weighted by atomic mass is 10.2. The Hall–Kier alpha value is -2.51. The van der Waals surface area contributed by atoms with Gasteiger partial charge in [0.2, 0.25) is 5.91 Å². The smallest absolute Gasteiger partial charge is 0.234 e. The summed E-state index contributed by atoms with van der Waals surface area (Å²) in [7, 11) is 0. The Labute approximate surface area is 180 Å². The molecule has 1 aromatic heterocycles. The van der Waals surface area contributed by atoms with Crippen LogP contribution in [-0.4, -0.2) is 26.4 Å². The van der Waals surface area contributed by atoms with Crippen LogP contribution in [0.15, 0.2) is 71.2 Å². The van der Waals surface area contributed by atoms with Crippen LogP contribution in [-0.2, 0) is 17.1 Å². The highest BCUT2D eigenvalue weighted by molar-refractivity contribution is 7.99. The van der Waals surface area contributed by atoms with Crippen molar-refractivity contribution < 1.29 is 4.79 Å². The van der Waals surface area contributed by atoms with E-state index >= 15 is 0 Å². The van der Waals surface area contributed by atoms with Gasteiger partial charge in [-0.2, -0.15) is 0 Å². The van der Waals surface area contributed by atoms with Crippen molar-refractivity contribution in [2.45, 2.75) is 36.2 Å². The molecule has 0 atom stereocenters. The summed E-state index contributed by atoms with van der Waals surface area (Å²) in [6, 6.07) is 16.2. The topological polar surface area (TPSA) is 59.8 Å². The fraction of sp³-hybridized carbons (Fsp3) is 0.227. The first-order valence-corrected chi connectivity index (χ1v) is 11.2. The average molecular weight is 425 g/mol. The van der Waals surface area contributed by atoms with Crippen LogP contribution in [0.5, 0.6) is 0 Å². The van der Waals surface area contributed by atoms with Gasteiger partial charge < -0.3 is 9.88 Å². The van der Waals surface area contributed by atoms with Crippen molar-refractivity contribution in [2.75, 3.05) is 11.1 Å². The van der Waals surface area contributed by atoms with Crippen molar-refractivity contribution in [3.63, 3.8) is 0 Å². The summed E-state index contributed by atoms with van der Waals surface area (Å²) in [5.74, 6) is 1.79. The van der Waals surface area contributed by atoms with Crippen molar-refractivity contribution in [3.05, 3.63) is 78.1 Å². The molecule has 3 rings (SSSR count). The van der Waals surface area contributed by atoms with E-state index in [4.69, 9.17) is 0 Å². The number of carbonyl (C=O) groups excluding carboxylic acids is 1. The molecule has 0 spiro atoms. The van der Waals surface area contributed by atoms with Gasteiger partial charge in [-0.25, -0.2) is 0 Å². The molecule has 1 heterocycles. The monoisotopic (exact) mass is 424 g/mol. The number of nitrogens with one attached hydrogen (secondary N) is 1. The van der Waals surface area contributed by atoms with Gasteiger partial charge in [0.25, 0.3) is 0 Å². The number of rotatable bonds is 9. The fourth-order valence-electron chi connectivity index (χ4n) is 2.68. The third kappa shape index (κ3) is 6.24. The molecule has 29 heavy (non-hydrogen) atoms. The molecule has 0 radical (unpaired) electrons. The number of nitrogens with zero attached hydrogens (tertiary/aromatic N) is 3. The molecule has 2 aromatic carbocycles. The van der Waals surface area contributed by atoms with Crippen LogP contribution in [0.1, 0.15) is 17.0 Å². The second-order valence-corrected chi connectivity index (χ2v) is 8.60. The maximum absolute atomic E-state index is 12.3. The molecule has 0 aliphatic carbocycles. The average Bonchev–Trinajstić information content (AvgIpc) is 3.08. The van der Waals surface area contributed by atoms with Gasteiger partial charge in [0.15, 0.2) is 5.16 Å². The number of hydrogen-bond donors (Lipinski definition) is 1. The van der Waals surface area contributed by atoms with Gasteiger partial charge in [-0.1, -0.05) is 47.7 Å². The van der Waals surface area contributed by atoms with Gasteiger partial charge in [-0.3, -0.25) is 4.79 Å². The van der Waals surface area contributed by atoms with Gasteiger partial charge >= 0.3 is 0 Å². The molecular formula is C22H24N4OS2. The zero-order chi connectivity index (χ0) is 20.6. The highest BCUT2D eigenvalue weighted by Gasteiger charge is 2.14. The first kappa shape index (κ1) is 21.2. The molecule has 5 nitrogen and oxygen atoms in total. The molecule has 0 unspecified atom stereocenters. The SMILES string of the molecule is C=CCn1c(CSc2ccc(C)cc2)nnc1SCC(=O)Nc1cccc(C)c1. The lowest BCUT2D eigenvalue weighted by Crippen LogP contribution is -2.14. The van der Waals surface area contributed by atoms with Crippen LogP contribution >= 0.6 is 23.5 Å². The Balaban J connectivity index is 1.60. The number of anilines is 1. The molecule has 0 fully saturated rings. The molecule has 0 saturated carbocycles. The molecule has 1 N–H and O–H groups in total. The first-order valence-electron chi connectivity index (χ1n) is 9.27. The van der Waals surface area contributed by atoms with Crippen molar-refractivity contribution >= 4 is 35.1 Å². The third-order valence-corrected chi connectivity index (χ3v) is 6.10. The number of amides is 1. The number of aromatic nitrogens is 3. The van der Waals surface area contributed by atoms with Crippen LogP contribution in [0.4, 0.5) is 5.69 Å². The van der Waals surface area contributed by atoms with Gasteiger partial charge in [-0.15, -0.1) is 28.5 Å². The normalized spacial score (nSPS) is 10.7. The minimum absolute atomic E-state index is 0.0654. The molecular weight excluding hydrogens is 400 g/mol. The Morgan fingerprint density at radius 2 is 1.90 bits per heavy atom. The summed E-state index contributed by atoms with van der Waals surface area (Å²) in [4.78, 5) is 13.5. The van der Waals surface area contributed by atoms with Crippen LogP contribution in [0.2, 0.25) is 0 Å². The van der Waals surface area contributed by atoms with Crippen molar-refractivity contribution in [1.29, 1.82) is 0 Å². The summed E-state index contributed by atoms with van der Waals surface area (Å²) < 4.78 is 2.01. The summed E-state index contributed by atoms with van der Waals surface area (Å²) >= 11 is 3.10. The highest BCUT2D eigenvalue weighted by Crippen LogP contribution is 2.25. The minimum Gasteiger partial charge on any atom is -0.325 e. The van der Waals surface area contributed by atoms with Gasteiger partial charge in [0.1, 0.15) is 5.82 Å². The Morgan fingerprint density at radius 1 is 1.10 bits per heavy atom. The minimum atomic E-state index is -0.0654. The molecule has 7 heteroatoms. The predicted octanol–water partition coefficient (Wildman–Crippen LogP) is 5.10. The van der Waals surface area contributed by atoms with E-state index in [9.17, 15) is 4.79 Å². The Morgan fingerprint density at radius 3 is 2.62 bits per heavy atom.